The molecule has 1 N–H and O–H groups in total. The van der Waals surface area contributed by atoms with Gasteiger partial charge in [-0.25, -0.2) is 4.79 Å². The summed E-state index contributed by atoms with van der Waals surface area (Å²) in [6.45, 7) is 15.7. The molecule has 0 aromatic heterocycles. The monoisotopic (exact) mass is 345 g/mol. The first-order valence-corrected chi connectivity index (χ1v) is 9.85. The van der Waals surface area contributed by atoms with Gasteiger partial charge in [0.1, 0.15) is 0 Å². The van der Waals surface area contributed by atoms with Crippen LogP contribution in [-0.2, 0) is 0 Å². The number of unbranched alkanes of at least 4 members (excludes halogenated alkanes) is 1. The van der Waals surface area contributed by atoms with Gasteiger partial charge in [-0.3, -0.25) is 4.90 Å². The first kappa shape index (κ1) is 19.8. The van der Waals surface area contributed by atoms with Crippen molar-refractivity contribution in [3.8, 4) is 0 Å². The number of piperazine rings is 1. The zero-order valence-electron chi connectivity index (χ0n) is 16.6. The van der Waals surface area contributed by atoms with Gasteiger partial charge in [0.05, 0.1) is 0 Å². The van der Waals surface area contributed by atoms with Crippen LogP contribution in [-0.4, -0.2) is 48.6 Å². The van der Waals surface area contributed by atoms with Crippen LogP contribution in [0.1, 0.15) is 70.4 Å². The molecule has 1 aliphatic heterocycles. The lowest BCUT2D eigenvalue weighted by Gasteiger charge is -2.35. The molecule has 1 heterocycles. The molecule has 1 fully saturated rings. The average Bonchev–Trinajstić information content (AvgIpc) is 2.60. The molecule has 0 aliphatic carbocycles. The zero-order valence-corrected chi connectivity index (χ0v) is 16.6. The second-order valence-electron chi connectivity index (χ2n) is 7.73. The molecule has 0 atom stereocenters. The Labute approximate surface area is 153 Å². The fourth-order valence-electron chi connectivity index (χ4n) is 3.44. The third-order valence-electron chi connectivity index (χ3n) is 5.09. The van der Waals surface area contributed by atoms with Gasteiger partial charge in [0, 0.05) is 31.9 Å². The topological polar surface area (TPSA) is 35.6 Å². The summed E-state index contributed by atoms with van der Waals surface area (Å²) in [5.41, 5.74) is 3.47. The van der Waals surface area contributed by atoms with Crippen molar-refractivity contribution in [3.63, 3.8) is 0 Å². The van der Waals surface area contributed by atoms with Crippen LogP contribution in [0.3, 0.4) is 0 Å². The highest BCUT2D eigenvalue weighted by molar-refractivity contribution is 5.91. The number of carbonyl (C=O) groups excluding carboxylic acids is 1. The molecule has 1 aromatic rings. The number of hydrogen-bond acceptors (Lipinski definition) is 2. The summed E-state index contributed by atoms with van der Waals surface area (Å²) in [5, 5.41) is 3.24. The van der Waals surface area contributed by atoms with Crippen LogP contribution in [0.15, 0.2) is 18.2 Å². The van der Waals surface area contributed by atoms with Gasteiger partial charge in [-0.1, -0.05) is 59.2 Å². The van der Waals surface area contributed by atoms with Gasteiger partial charge in [0.25, 0.3) is 0 Å². The Bertz CT molecular complexity index is 534. The highest BCUT2D eigenvalue weighted by Crippen LogP contribution is 2.32. The molecule has 0 unspecified atom stereocenters. The highest BCUT2D eigenvalue weighted by Gasteiger charge is 2.23. The number of rotatable bonds is 6. The number of nitrogens with zero attached hydrogens (tertiary/aromatic N) is 2. The van der Waals surface area contributed by atoms with Crippen molar-refractivity contribution < 1.29 is 4.79 Å². The van der Waals surface area contributed by atoms with E-state index in [2.05, 4.69) is 63.0 Å². The van der Waals surface area contributed by atoms with E-state index >= 15 is 0 Å². The minimum absolute atomic E-state index is 0.0464. The van der Waals surface area contributed by atoms with Crippen molar-refractivity contribution in [3.05, 3.63) is 29.3 Å². The van der Waals surface area contributed by atoms with Gasteiger partial charge < -0.3 is 10.2 Å². The van der Waals surface area contributed by atoms with Crippen LogP contribution in [0.2, 0.25) is 0 Å². The first-order valence-electron chi connectivity index (χ1n) is 9.85. The highest BCUT2D eigenvalue weighted by atomic mass is 16.2. The molecule has 0 spiro atoms. The molecule has 1 saturated heterocycles. The van der Waals surface area contributed by atoms with E-state index in [-0.39, 0.29) is 6.03 Å². The van der Waals surface area contributed by atoms with Gasteiger partial charge >= 0.3 is 6.03 Å². The van der Waals surface area contributed by atoms with Gasteiger partial charge in [-0.2, -0.15) is 0 Å². The predicted molar refractivity (Wildman–Crippen MR) is 107 cm³/mol. The van der Waals surface area contributed by atoms with Gasteiger partial charge in [-0.05, 0) is 35.9 Å². The van der Waals surface area contributed by atoms with Gasteiger partial charge in [0.2, 0.25) is 0 Å². The Morgan fingerprint density at radius 3 is 2.08 bits per heavy atom. The Balaban J connectivity index is 2.06. The lowest BCUT2D eigenvalue weighted by Crippen LogP contribution is -2.50. The third kappa shape index (κ3) is 5.21. The van der Waals surface area contributed by atoms with E-state index in [1.807, 2.05) is 4.90 Å². The minimum Gasteiger partial charge on any atom is -0.322 e. The van der Waals surface area contributed by atoms with Gasteiger partial charge in [-0.15, -0.1) is 0 Å². The predicted octanol–water partition coefficient (Wildman–Crippen LogP) is 4.88. The minimum atomic E-state index is 0.0464. The summed E-state index contributed by atoms with van der Waals surface area (Å²) in [4.78, 5) is 17.3. The van der Waals surface area contributed by atoms with Crippen LogP contribution < -0.4 is 5.32 Å². The Hall–Kier alpha value is -1.55. The molecule has 2 rings (SSSR count). The lowest BCUT2D eigenvalue weighted by molar-refractivity contribution is 0.146. The third-order valence-corrected chi connectivity index (χ3v) is 5.09. The SMILES string of the molecule is CCCCN1CCN(C(=O)Nc2c(C(C)C)cccc2C(C)C)CC1. The van der Waals surface area contributed by atoms with E-state index in [0.717, 1.165) is 38.4 Å². The van der Waals surface area contributed by atoms with Crippen molar-refractivity contribution in [2.45, 2.75) is 59.3 Å². The molecule has 0 bridgehead atoms. The summed E-state index contributed by atoms with van der Waals surface area (Å²) in [6.07, 6.45) is 2.47. The summed E-state index contributed by atoms with van der Waals surface area (Å²) >= 11 is 0. The van der Waals surface area contributed by atoms with E-state index in [0.29, 0.717) is 11.8 Å². The normalized spacial score (nSPS) is 15.9. The fraction of sp³-hybridized carbons (Fsp3) is 0.667. The fourth-order valence-corrected chi connectivity index (χ4v) is 3.44. The maximum Gasteiger partial charge on any atom is 0.321 e. The van der Waals surface area contributed by atoms with E-state index in [1.54, 1.807) is 0 Å². The first-order chi connectivity index (χ1) is 11.9. The summed E-state index contributed by atoms with van der Waals surface area (Å²) < 4.78 is 0. The van der Waals surface area contributed by atoms with Crippen molar-refractivity contribution >= 4 is 11.7 Å². The van der Waals surface area contributed by atoms with E-state index in [9.17, 15) is 4.79 Å². The van der Waals surface area contributed by atoms with Crippen molar-refractivity contribution in [2.75, 3.05) is 38.0 Å². The molecule has 1 aliphatic rings. The second-order valence-corrected chi connectivity index (χ2v) is 7.73. The van der Waals surface area contributed by atoms with E-state index < -0.39 is 0 Å². The summed E-state index contributed by atoms with van der Waals surface area (Å²) in [6, 6.07) is 6.42. The maximum absolute atomic E-state index is 12.8. The molecule has 140 valence electrons. The number of urea groups is 1. The molecule has 0 radical (unpaired) electrons. The lowest BCUT2D eigenvalue weighted by atomic mass is 9.93. The molecular weight excluding hydrogens is 310 g/mol. The summed E-state index contributed by atoms with van der Waals surface area (Å²) in [5.74, 6) is 0.778. The zero-order chi connectivity index (χ0) is 18.4. The maximum atomic E-state index is 12.8. The standard InChI is InChI=1S/C21H35N3O/c1-6-7-11-23-12-14-24(15-13-23)21(25)22-20-18(16(2)3)9-8-10-19(20)17(4)5/h8-10,16-17H,6-7,11-15H2,1-5H3,(H,22,25). The molecule has 4 heteroatoms. The largest absolute Gasteiger partial charge is 0.322 e. The summed E-state index contributed by atoms with van der Waals surface area (Å²) in [7, 11) is 0. The number of amides is 2. The van der Waals surface area contributed by atoms with Crippen molar-refractivity contribution in [1.82, 2.24) is 9.80 Å². The molecule has 2 amide bonds. The van der Waals surface area contributed by atoms with Crippen LogP contribution in [0.4, 0.5) is 10.5 Å². The quantitative estimate of drug-likeness (QED) is 0.797. The van der Waals surface area contributed by atoms with Crippen LogP contribution in [0.5, 0.6) is 0 Å². The number of hydrogen-bond donors (Lipinski definition) is 1. The van der Waals surface area contributed by atoms with Crippen LogP contribution >= 0.6 is 0 Å². The Morgan fingerprint density at radius 2 is 1.60 bits per heavy atom. The number of nitrogens with one attached hydrogen (secondary N) is 1. The van der Waals surface area contributed by atoms with Gasteiger partial charge in [0.15, 0.2) is 0 Å². The van der Waals surface area contributed by atoms with Crippen LogP contribution in [0.25, 0.3) is 0 Å². The number of para-hydroxylation sites is 1. The van der Waals surface area contributed by atoms with Crippen molar-refractivity contribution in [1.29, 1.82) is 0 Å². The number of benzene rings is 1. The number of carbonyl (C=O) groups is 1. The molecular formula is C21H35N3O. The van der Waals surface area contributed by atoms with Crippen molar-refractivity contribution in [2.24, 2.45) is 0 Å². The van der Waals surface area contributed by atoms with E-state index in [1.165, 1.54) is 24.0 Å². The molecule has 4 nitrogen and oxygen atoms in total. The smallest absolute Gasteiger partial charge is 0.321 e. The Morgan fingerprint density at radius 1 is 1.04 bits per heavy atom. The molecule has 25 heavy (non-hydrogen) atoms. The average molecular weight is 346 g/mol. The van der Waals surface area contributed by atoms with Crippen LogP contribution in [0, 0.1) is 0 Å². The second kappa shape index (κ2) is 9.23. The van der Waals surface area contributed by atoms with E-state index in [4.69, 9.17) is 0 Å². The Kier molecular flexibility index (Phi) is 7.30. The molecule has 1 aromatic carbocycles. The number of anilines is 1. The molecule has 0 saturated carbocycles.